The molecular weight excluding hydrogens is 162 g/mol. The maximum atomic E-state index is 9.12. The van der Waals surface area contributed by atoms with Gasteiger partial charge in [0.1, 0.15) is 0 Å². The van der Waals surface area contributed by atoms with Crippen molar-refractivity contribution in [1.29, 1.82) is 0 Å². The van der Waals surface area contributed by atoms with Gasteiger partial charge in [0.2, 0.25) is 0 Å². The number of hydrogen-bond donors (Lipinski definition) is 0. The predicted octanol–water partition coefficient (Wildman–Crippen LogP) is 0.770. The molecule has 0 saturated carbocycles. The van der Waals surface area contributed by atoms with Gasteiger partial charge in [0.15, 0.2) is 0 Å². The van der Waals surface area contributed by atoms with Gasteiger partial charge in [-0.15, -0.1) is 0 Å². The Morgan fingerprint density at radius 1 is 1.25 bits per heavy atom. The fourth-order valence-electron chi connectivity index (χ4n) is 0. The van der Waals surface area contributed by atoms with Crippen molar-refractivity contribution < 1.29 is 36.6 Å². The first-order valence-electron chi connectivity index (χ1n) is 0.309. The minimum Gasteiger partial charge on any atom is -0.0104 e. The fourth-order valence-corrected chi connectivity index (χ4v) is 0. The van der Waals surface area contributed by atoms with Crippen LogP contribution in [0.4, 0.5) is 9.05 Å². The van der Waals surface area contributed by atoms with Gasteiger partial charge in [-0.05, 0) is 9.05 Å². The van der Waals surface area contributed by atoms with E-state index in [1.165, 1.54) is 5.15 Å². The van der Waals surface area contributed by atoms with Gasteiger partial charge in [0, 0.05) is 27.5 Å². The van der Waals surface area contributed by atoms with E-state index in [9.17, 15) is 0 Å². The molecule has 0 rings (SSSR count). The molecule has 0 aliphatic heterocycles. The molecule has 0 saturated heterocycles. The minimum absolute atomic E-state index is 0. The fraction of sp³-hybridized carbons (Fsp3) is 0. The van der Waals surface area contributed by atoms with Gasteiger partial charge in [0.25, 0.3) is 0 Å². The monoisotopic (exact) mass is 161 g/mol. The van der Waals surface area contributed by atoms with Crippen LogP contribution in [0.25, 0.3) is 0 Å². The maximum absolute atomic E-state index is 9.12. The third-order valence-corrected chi connectivity index (χ3v) is 0. The average molecular weight is 162 g/mol. The zero-order chi connectivity index (χ0) is 2.71. The van der Waals surface area contributed by atoms with Crippen LogP contribution < -0.4 is 0 Å². The molecule has 0 heterocycles. The molecule has 4 heteroatoms. The summed E-state index contributed by atoms with van der Waals surface area (Å²) in [5.74, 6) is 0. The Bertz CT molecular complexity index is 6.00. The van der Waals surface area contributed by atoms with Crippen molar-refractivity contribution in [2.45, 2.75) is 0 Å². The molecular formula is AgF2O. The van der Waals surface area contributed by atoms with Crippen molar-refractivity contribution in [1.82, 2.24) is 0 Å². The van der Waals surface area contributed by atoms with Gasteiger partial charge in [0.05, 0.1) is 0 Å². The van der Waals surface area contributed by atoms with Crippen LogP contribution in [-0.4, -0.2) is 0 Å². The largest absolute Gasteiger partial charge is 0.0209 e. The number of hydrogen-bond acceptors (Lipinski definition) is 1. The zero-order valence-electron chi connectivity index (χ0n) is 1.47. The van der Waals surface area contributed by atoms with Crippen molar-refractivity contribution in [3.63, 3.8) is 0 Å². The Kier molecular flexibility index (Phi) is 21.1. The van der Waals surface area contributed by atoms with Gasteiger partial charge in [-0.25, -0.2) is 0 Å². The summed E-state index contributed by atoms with van der Waals surface area (Å²) in [5, 5.41) is 1.25. The van der Waals surface area contributed by atoms with Crippen molar-refractivity contribution in [2.24, 2.45) is 0 Å². The predicted molar refractivity (Wildman–Crippen MR) is 3.30 cm³/mol. The zero-order valence-corrected chi connectivity index (χ0v) is 2.95. The molecule has 0 fully saturated rings. The first-order valence-corrected chi connectivity index (χ1v) is 0.309. The molecule has 0 N–H and O–H groups in total. The normalized spacial score (nSPS) is 4.50. The van der Waals surface area contributed by atoms with Crippen LogP contribution in [0.2, 0.25) is 0 Å². The van der Waals surface area contributed by atoms with Gasteiger partial charge >= 0.3 is 0 Å². The van der Waals surface area contributed by atoms with E-state index in [2.05, 4.69) is 0 Å². The Morgan fingerprint density at radius 2 is 1.25 bits per heavy atom. The molecule has 0 aliphatic rings. The Labute approximate surface area is 37.3 Å². The van der Waals surface area contributed by atoms with E-state index < -0.39 is 0 Å². The van der Waals surface area contributed by atoms with E-state index in [-0.39, 0.29) is 22.4 Å². The summed E-state index contributed by atoms with van der Waals surface area (Å²) < 4.78 is 18.2. The molecule has 0 atom stereocenters. The third kappa shape index (κ3) is 19.9. The summed E-state index contributed by atoms with van der Waals surface area (Å²) in [4.78, 5) is 0. The standard InChI is InChI=1S/Ag.F2O/c;1-3-2. The van der Waals surface area contributed by atoms with Crippen LogP contribution in [0.5, 0.6) is 0 Å². The van der Waals surface area contributed by atoms with Crippen LogP contribution in [0, 0.1) is 0 Å². The number of rotatable bonds is 0. The second kappa shape index (κ2) is 9.59. The summed E-state index contributed by atoms with van der Waals surface area (Å²) in [6, 6.07) is 0. The summed E-state index contributed by atoms with van der Waals surface area (Å²) >= 11 is 0. The second-order valence-electron chi connectivity index (χ2n) is 0.0583. The van der Waals surface area contributed by atoms with E-state index in [4.69, 9.17) is 9.05 Å². The van der Waals surface area contributed by atoms with Crippen LogP contribution in [0.15, 0.2) is 0 Å². The molecule has 4 heavy (non-hydrogen) atoms. The molecule has 0 bridgehead atoms. The SMILES string of the molecule is FOF.[Ag]. The molecule has 31 valence electrons. The van der Waals surface area contributed by atoms with Gasteiger partial charge in [-0.1, -0.05) is 0 Å². The van der Waals surface area contributed by atoms with E-state index >= 15 is 0 Å². The first-order chi connectivity index (χ1) is 1.41. The van der Waals surface area contributed by atoms with Crippen LogP contribution in [0.3, 0.4) is 0 Å². The van der Waals surface area contributed by atoms with Gasteiger partial charge in [-0.3, -0.25) is 0 Å². The summed E-state index contributed by atoms with van der Waals surface area (Å²) in [7, 11) is 0. The van der Waals surface area contributed by atoms with Gasteiger partial charge < -0.3 is 0 Å². The molecule has 0 unspecified atom stereocenters. The minimum atomic E-state index is 0. The Balaban J connectivity index is 0. The molecule has 0 aliphatic carbocycles. The third-order valence-electron chi connectivity index (χ3n) is 0. The molecule has 0 aromatic rings. The Morgan fingerprint density at radius 3 is 1.25 bits per heavy atom. The van der Waals surface area contributed by atoms with Crippen molar-refractivity contribution in [2.75, 3.05) is 0 Å². The second-order valence-corrected chi connectivity index (χ2v) is 0.0583. The molecule has 0 aromatic carbocycles. The smallest absolute Gasteiger partial charge is 0.0104 e. The molecule has 1 radical (unpaired) electrons. The molecule has 0 amide bonds. The molecule has 0 aromatic heterocycles. The topological polar surface area (TPSA) is 9.23 Å². The molecule has 0 spiro atoms. The Hall–Kier alpha value is 0.560. The van der Waals surface area contributed by atoms with Crippen molar-refractivity contribution in [3.8, 4) is 0 Å². The van der Waals surface area contributed by atoms with Crippen LogP contribution in [0.1, 0.15) is 0 Å². The van der Waals surface area contributed by atoms with E-state index in [1.54, 1.807) is 0 Å². The van der Waals surface area contributed by atoms with Gasteiger partial charge in [-0.2, -0.15) is 0 Å². The summed E-state index contributed by atoms with van der Waals surface area (Å²) in [5.41, 5.74) is 0. The first kappa shape index (κ1) is 8.82. The van der Waals surface area contributed by atoms with E-state index in [0.717, 1.165) is 0 Å². The summed E-state index contributed by atoms with van der Waals surface area (Å²) in [6.45, 7) is 0. The average Bonchev–Trinajstić information content (AvgIpc) is 0.918. The molecule has 1 nitrogen and oxygen atoms in total. The number of halogens is 2. The van der Waals surface area contributed by atoms with E-state index in [1.807, 2.05) is 0 Å². The summed E-state index contributed by atoms with van der Waals surface area (Å²) in [6.07, 6.45) is 0. The van der Waals surface area contributed by atoms with Crippen LogP contribution >= 0.6 is 0 Å². The van der Waals surface area contributed by atoms with Crippen molar-refractivity contribution >= 4 is 0 Å². The van der Waals surface area contributed by atoms with Crippen LogP contribution in [-0.2, 0) is 27.5 Å². The quantitative estimate of drug-likeness (QED) is 0.478. The van der Waals surface area contributed by atoms with Crippen molar-refractivity contribution in [3.05, 3.63) is 0 Å². The maximum Gasteiger partial charge on any atom is 0.0209 e. The van der Waals surface area contributed by atoms with E-state index in [0.29, 0.717) is 0 Å².